The Bertz CT molecular complexity index is 1640. The number of anilines is 2. The van der Waals surface area contributed by atoms with Crippen LogP contribution in [0.25, 0.3) is 22.2 Å². The van der Waals surface area contributed by atoms with Crippen LogP contribution >= 0.6 is 0 Å². The van der Waals surface area contributed by atoms with Crippen LogP contribution in [-0.4, -0.2) is 36.4 Å². The Morgan fingerprint density at radius 1 is 1.10 bits per heavy atom. The standard InChI is InChI=1S/C30H31BN4O4/c1-18-14-23(29-24(15-18)28(36)19(2)30(38-29)35-12-5-4-6-13-35)20(3)34-26-8-7-11-32-27(26)21-9-10-25-22(16-21)17-33-39-31(25)37/h7-11,14-17,20,34,37H,4-6,12-13H2,1-3H3. The van der Waals surface area contributed by atoms with Crippen LogP contribution in [0.4, 0.5) is 11.6 Å². The van der Waals surface area contributed by atoms with Crippen molar-refractivity contribution in [1.82, 2.24) is 4.98 Å². The minimum absolute atomic E-state index is 0.0259. The number of benzene rings is 2. The van der Waals surface area contributed by atoms with Crippen molar-refractivity contribution in [2.75, 3.05) is 23.3 Å². The molecule has 2 aliphatic heterocycles. The van der Waals surface area contributed by atoms with Crippen molar-refractivity contribution in [3.05, 3.63) is 81.1 Å². The number of oxime groups is 1. The molecular weight excluding hydrogens is 491 g/mol. The van der Waals surface area contributed by atoms with E-state index in [4.69, 9.17) is 9.17 Å². The molecule has 2 aromatic heterocycles. The van der Waals surface area contributed by atoms with Crippen LogP contribution in [0.1, 0.15) is 54.5 Å². The molecule has 0 aliphatic carbocycles. The van der Waals surface area contributed by atoms with Crippen molar-refractivity contribution < 1.29 is 14.2 Å². The Labute approximate surface area is 227 Å². The third-order valence-corrected chi connectivity index (χ3v) is 7.64. The first kappa shape index (κ1) is 25.2. The molecule has 0 bridgehead atoms. The summed E-state index contributed by atoms with van der Waals surface area (Å²) >= 11 is 0. The predicted molar refractivity (Wildman–Crippen MR) is 156 cm³/mol. The molecule has 2 N–H and O–H groups in total. The lowest BCUT2D eigenvalue weighted by Crippen LogP contribution is -2.37. The maximum Gasteiger partial charge on any atom is 0.583 e. The SMILES string of the molecule is Cc1cc(C(C)Nc2cccnc2-c2ccc3c(c2)C=NOB3O)c2oc(N3CCCCC3)c(C)c(=O)c2c1. The number of fused-ring (bicyclic) bond motifs is 2. The van der Waals surface area contributed by atoms with Gasteiger partial charge in [0.15, 0.2) is 5.43 Å². The highest BCUT2D eigenvalue weighted by Crippen LogP contribution is 2.34. The Hall–Kier alpha value is -4.11. The third-order valence-electron chi connectivity index (χ3n) is 7.64. The van der Waals surface area contributed by atoms with E-state index in [-0.39, 0.29) is 11.5 Å². The van der Waals surface area contributed by atoms with E-state index in [2.05, 4.69) is 33.3 Å². The second-order valence-electron chi connectivity index (χ2n) is 10.4. The van der Waals surface area contributed by atoms with Crippen LogP contribution in [0.5, 0.6) is 0 Å². The average molecular weight is 522 g/mol. The number of aryl methyl sites for hydroxylation is 1. The van der Waals surface area contributed by atoms with Gasteiger partial charge in [0.1, 0.15) is 5.58 Å². The van der Waals surface area contributed by atoms with E-state index in [0.717, 1.165) is 59.6 Å². The summed E-state index contributed by atoms with van der Waals surface area (Å²) in [5.74, 6) is 0.688. The summed E-state index contributed by atoms with van der Waals surface area (Å²) in [6.45, 7) is 7.75. The van der Waals surface area contributed by atoms with Crippen LogP contribution in [0.3, 0.4) is 0 Å². The molecule has 6 rings (SSSR count). The summed E-state index contributed by atoms with van der Waals surface area (Å²) < 4.78 is 11.5. The van der Waals surface area contributed by atoms with Crippen LogP contribution < -0.4 is 21.1 Å². The second-order valence-corrected chi connectivity index (χ2v) is 10.4. The highest BCUT2D eigenvalue weighted by atomic mass is 16.6. The number of hydrogen-bond acceptors (Lipinski definition) is 8. The molecule has 4 heterocycles. The van der Waals surface area contributed by atoms with Gasteiger partial charge in [0.05, 0.1) is 34.6 Å². The fourth-order valence-corrected chi connectivity index (χ4v) is 5.60. The summed E-state index contributed by atoms with van der Waals surface area (Å²) in [5, 5.41) is 18.1. The van der Waals surface area contributed by atoms with Gasteiger partial charge >= 0.3 is 7.12 Å². The van der Waals surface area contributed by atoms with Gasteiger partial charge in [0, 0.05) is 35.9 Å². The number of nitrogens with one attached hydrogen (secondary N) is 1. The molecule has 0 saturated carbocycles. The molecule has 1 saturated heterocycles. The third kappa shape index (κ3) is 4.67. The van der Waals surface area contributed by atoms with Gasteiger partial charge in [-0.15, -0.1) is 5.16 Å². The Kier molecular flexibility index (Phi) is 6.60. The lowest BCUT2D eigenvalue weighted by atomic mass is 9.75. The molecule has 1 fully saturated rings. The summed E-state index contributed by atoms with van der Waals surface area (Å²) in [4.78, 5) is 20.4. The molecule has 2 aliphatic rings. The molecule has 39 heavy (non-hydrogen) atoms. The summed E-state index contributed by atoms with van der Waals surface area (Å²) in [5.41, 5.74) is 7.18. The van der Waals surface area contributed by atoms with E-state index in [1.165, 1.54) is 6.42 Å². The molecule has 8 nitrogen and oxygen atoms in total. The summed E-state index contributed by atoms with van der Waals surface area (Å²) in [6, 6.07) is 13.4. The van der Waals surface area contributed by atoms with E-state index in [1.54, 1.807) is 12.4 Å². The lowest BCUT2D eigenvalue weighted by molar-refractivity contribution is 0.286. The van der Waals surface area contributed by atoms with Crippen LogP contribution in [0, 0.1) is 13.8 Å². The highest BCUT2D eigenvalue weighted by Gasteiger charge is 2.26. The van der Waals surface area contributed by atoms with Crippen LogP contribution in [0.15, 0.2) is 63.0 Å². The van der Waals surface area contributed by atoms with Crippen molar-refractivity contribution in [2.45, 2.75) is 46.1 Å². The van der Waals surface area contributed by atoms with Crippen molar-refractivity contribution >= 4 is 41.3 Å². The van der Waals surface area contributed by atoms with Gasteiger partial charge in [0.2, 0.25) is 5.88 Å². The van der Waals surface area contributed by atoms with E-state index in [0.29, 0.717) is 27.9 Å². The zero-order valence-corrected chi connectivity index (χ0v) is 22.4. The first-order valence-electron chi connectivity index (χ1n) is 13.5. The lowest BCUT2D eigenvalue weighted by Gasteiger charge is -2.29. The highest BCUT2D eigenvalue weighted by molar-refractivity contribution is 6.62. The molecule has 0 spiro atoms. The second kappa shape index (κ2) is 10.2. The van der Waals surface area contributed by atoms with Crippen molar-refractivity contribution in [1.29, 1.82) is 0 Å². The Morgan fingerprint density at radius 3 is 2.74 bits per heavy atom. The number of pyridine rings is 1. The Balaban J connectivity index is 1.40. The summed E-state index contributed by atoms with van der Waals surface area (Å²) in [6.07, 6.45) is 6.75. The molecule has 9 heteroatoms. The maximum atomic E-state index is 13.5. The quantitative estimate of drug-likeness (QED) is 0.367. The van der Waals surface area contributed by atoms with Crippen molar-refractivity contribution in [3.63, 3.8) is 0 Å². The zero-order chi connectivity index (χ0) is 27.1. The normalized spacial score (nSPS) is 15.7. The molecule has 1 unspecified atom stereocenters. The number of rotatable bonds is 5. The van der Waals surface area contributed by atoms with Gasteiger partial charge in [-0.2, -0.15) is 0 Å². The number of nitrogens with zero attached hydrogens (tertiary/aromatic N) is 3. The maximum absolute atomic E-state index is 13.5. The van der Waals surface area contributed by atoms with E-state index in [1.807, 2.05) is 50.2 Å². The van der Waals surface area contributed by atoms with E-state index in [9.17, 15) is 9.82 Å². The molecular formula is C30H31BN4O4. The number of piperidine rings is 1. The smallest absolute Gasteiger partial charge is 0.440 e. The van der Waals surface area contributed by atoms with Crippen molar-refractivity contribution in [3.8, 4) is 11.3 Å². The molecule has 198 valence electrons. The zero-order valence-electron chi connectivity index (χ0n) is 22.4. The van der Waals surface area contributed by atoms with Gasteiger partial charge in [-0.3, -0.25) is 9.78 Å². The largest absolute Gasteiger partial charge is 0.583 e. The fourth-order valence-electron chi connectivity index (χ4n) is 5.60. The molecule has 0 amide bonds. The topological polar surface area (TPSA) is 100 Å². The predicted octanol–water partition coefficient (Wildman–Crippen LogP) is 4.69. The molecule has 0 radical (unpaired) electrons. The first-order chi connectivity index (χ1) is 18.9. The molecule has 4 aromatic rings. The van der Waals surface area contributed by atoms with Gasteiger partial charge in [-0.05, 0) is 75.4 Å². The Morgan fingerprint density at radius 2 is 1.92 bits per heavy atom. The van der Waals surface area contributed by atoms with Gasteiger partial charge in [0.25, 0.3) is 0 Å². The number of hydrogen-bond donors (Lipinski definition) is 2. The minimum Gasteiger partial charge on any atom is -0.440 e. The monoisotopic (exact) mass is 522 g/mol. The average Bonchev–Trinajstić information content (AvgIpc) is 2.95. The van der Waals surface area contributed by atoms with Gasteiger partial charge in [-0.25, -0.2) is 0 Å². The summed E-state index contributed by atoms with van der Waals surface area (Å²) in [7, 11) is -1.08. The van der Waals surface area contributed by atoms with E-state index < -0.39 is 7.12 Å². The van der Waals surface area contributed by atoms with Crippen molar-refractivity contribution in [2.24, 2.45) is 5.16 Å². The fraction of sp³-hybridized carbons (Fsp3) is 0.300. The number of aromatic nitrogens is 1. The molecule has 2 aromatic carbocycles. The molecule has 1 atom stereocenters. The van der Waals surface area contributed by atoms with Gasteiger partial charge in [-0.1, -0.05) is 18.2 Å². The van der Waals surface area contributed by atoms with E-state index >= 15 is 0 Å². The minimum atomic E-state index is -1.08. The van der Waals surface area contributed by atoms with Crippen LogP contribution in [0.2, 0.25) is 0 Å². The van der Waals surface area contributed by atoms with Crippen LogP contribution in [-0.2, 0) is 4.76 Å². The van der Waals surface area contributed by atoms with Gasteiger partial charge < -0.3 is 24.4 Å². The first-order valence-corrected chi connectivity index (χ1v) is 13.5.